The van der Waals surface area contributed by atoms with Crippen LogP contribution >= 0.6 is 27.3 Å². The SMILES string of the molecule is CCCCOc1cccc(/C(O)=C2\C(=O)C(=O)N(c3nc4ccc(OC)cc4s3)C2c2ccc(Br)cc2)c1. The van der Waals surface area contributed by atoms with Gasteiger partial charge in [0.15, 0.2) is 5.13 Å². The Morgan fingerprint density at radius 2 is 1.87 bits per heavy atom. The quantitative estimate of drug-likeness (QED) is 0.104. The number of hydrogen-bond donors (Lipinski definition) is 1. The Bertz CT molecular complexity index is 1550. The largest absolute Gasteiger partial charge is 0.507 e. The molecule has 1 fully saturated rings. The molecule has 2 heterocycles. The highest BCUT2D eigenvalue weighted by atomic mass is 79.9. The summed E-state index contributed by atoms with van der Waals surface area (Å²) < 4.78 is 12.8. The van der Waals surface area contributed by atoms with Crippen LogP contribution in [0.4, 0.5) is 5.13 Å². The fourth-order valence-electron chi connectivity index (χ4n) is 4.34. The molecule has 3 aromatic carbocycles. The number of anilines is 1. The third-order valence-corrected chi connectivity index (χ3v) is 7.84. The number of fused-ring (bicyclic) bond motifs is 1. The van der Waals surface area contributed by atoms with Crippen LogP contribution in [0.5, 0.6) is 11.5 Å². The van der Waals surface area contributed by atoms with Gasteiger partial charge >= 0.3 is 5.91 Å². The molecule has 1 aliphatic heterocycles. The van der Waals surface area contributed by atoms with Gasteiger partial charge in [0.1, 0.15) is 17.3 Å². The van der Waals surface area contributed by atoms with Crippen molar-refractivity contribution in [1.29, 1.82) is 0 Å². The van der Waals surface area contributed by atoms with Gasteiger partial charge in [0, 0.05) is 10.0 Å². The van der Waals surface area contributed by atoms with E-state index >= 15 is 0 Å². The lowest BCUT2D eigenvalue weighted by atomic mass is 9.95. The number of aliphatic hydroxyl groups excluding tert-OH is 1. The molecule has 0 saturated carbocycles. The van der Waals surface area contributed by atoms with Crippen molar-refractivity contribution in [2.45, 2.75) is 25.8 Å². The van der Waals surface area contributed by atoms with Crippen LogP contribution in [0, 0.1) is 0 Å². The van der Waals surface area contributed by atoms with Crippen molar-refractivity contribution >= 4 is 60.1 Å². The Hall–Kier alpha value is -3.69. The lowest BCUT2D eigenvalue weighted by Crippen LogP contribution is -2.29. The molecule has 1 aromatic heterocycles. The van der Waals surface area contributed by atoms with Crippen LogP contribution in [0.2, 0.25) is 0 Å². The Morgan fingerprint density at radius 1 is 1.08 bits per heavy atom. The van der Waals surface area contributed by atoms with Crippen LogP contribution < -0.4 is 14.4 Å². The second kappa shape index (κ2) is 11.0. The number of ether oxygens (including phenoxy) is 2. The van der Waals surface area contributed by atoms with Gasteiger partial charge in [-0.15, -0.1) is 0 Å². The van der Waals surface area contributed by atoms with E-state index in [1.165, 1.54) is 16.2 Å². The number of rotatable bonds is 8. The van der Waals surface area contributed by atoms with Crippen LogP contribution in [0.15, 0.2) is 76.8 Å². The number of aliphatic hydroxyl groups is 1. The molecule has 1 atom stereocenters. The summed E-state index contributed by atoms with van der Waals surface area (Å²) in [6, 6.07) is 18.8. The number of carbonyl (C=O) groups excluding carboxylic acids is 2. The third kappa shape index (κ3) is 4.91. The molecule has 9 heteroatoms. The highest BCUT2D eigenvalue weighted by Gasteiger charge is 2.48. The molecule has 38 heavy (non-hydrogen) atoms. The van der Waals surface area contributed by atoms with Gasteiger partial charge in [-0.2, -0.15) is 0 Å². The van der Waals surface area contributed by atoms with Gasteiger partial charge in [-0.1, -0.05) is 64.9 Å². The Kier molecular flexibility index (Phi) is 7.49. The van der Waals surface area contributed by atoms with Crippen molar-refractivity contribution in [2.75, 3.05) is 18.6 Å². The molecule has 0 radical (unpaired) electrons. The topological polar surface area (TPSA) is 89.0 Å². The number of benzene rings is 3. The van der Waals surface area contributed by atoms with E-state index in [1.54, 1.807) is 37.4 Å². The molecule has 1 saturated heterocycles. The molecule has 194 valence electrons. The maximum absolute atomic E-state index is 13.5. The van der Waals surface area contributed by atoms with Crippen LogP contribution in [-0.4, -0.2) is 35.5 Å². The number of unbranched alkanes of at least 4 members (excludes halogenated alkanes) is 1. The number of methoxy groups -OCH3 is 1. The summed E-state index contributed by atoms with van der Waals surface area (Å²) in [5.74, 6) is -0.537. The highest BCUT2D eigenvalue weighted by molar-refractivity contribution is 9.10. The van der Waals surface area contributed by atoms with E-state index in [2.05, 4.69) is 27.8 Å². The van der Waals surface area contributed by atoms with E-state index in [1.807, 2.05) is 36.4 Å². The van der Waals surface area contributed by atoms with Crippen LogP contribution in [0.25, 0.3) is 16.0 Å². The van der Waals surface area contributed by atoms with Crippen molar-refractivity contribution < 1.29 is 24.2 Å². The fraction of sp³-hybridized carbons (Fsp3) is 0.207. The van der Waals surface area contributed by atoms with Gasteiger partial charge in [0.05, 0.1) is 35.5 Å². The first-order valence-corrected chi connectivity index (χ1v) is 13.8. The highest BCUT2D eigenvalue weighted by Crippen LogP contribution is 2.45. The number of Topliss-reactive ketones (excluding diaryl/α,β-unsaturated/α-hetero) is 1. The summed E-state index contributed by atoms with van der Waals surface area (Å²) in [4.78, 5) is 33.0. The van der Waals surface area contributed by atoms with Gasteiger partial charge in [0.2, 0.25) is 0 Å². The zero-order valence-electron chi connectivity index (χ0n) is 20.8. The Morgan fingerprint density at radius 3 is 2.61 bits per heavy atom. The van der Waals surface area contributed by atoms with E-state index in [0.29, 0.717) is 39.9 Å². The Labute approximate surface area is 232 Å². The summed E-state index contributed by atoms with van der Waals surface area (Å²) in [6.45, 7) is 2.63. The molecule has 1 aliphatic rings. The van der Waals surface area contributed by atoms with Gasteiger partial charge in [-0.25, -0.2) is 4.98 Å². The predicted octanol–water partition coefficient (Wildman–Crippen LogP) is 6.87. The van der Waals surface area contributed by atoms with E-state index in [9.17, 15) is 14.7 Å². The zero-order valence-corrected chi connectivity index (χ0v) is 23.2. The third-order valence-electron chi connectivity index (χ3n) is 6.29. The first kappa shape index (κ1) is 25.9. The minimum Gasteiger partial charge on any atom is -0.507 e. The number of ketones is 1. The van der Waals surface area contributed by atoms with Crippen LogP contribution in [0.1, 0.15) is 36.9 Å². The molecule has 1 amide bonds. The van der Waals surface area contributed by atoms with E-state index < -0.39 is 17.7 Å². The van der Waals surface area contributed by atoms with Crippen LogP contribution in [-0.2, 0) is 9.59 Å². The summed E-state index contributed by atoms with van der Waals surface area (Å²) >= 11 is 4.73. The van der Waals surface area contributed by atoms with Crippen molar-refractivity contribution in [3.63, 3.8) is 0 Å². The minimum atomic E-state index is -0.866. The molecule has 1 N–H and O–H groups in total. The first-order chi connectivity index (χ1) is 18.4. The molecule has 0 bridgehead atoms. The molecule has 7 nitrogen and oxygen atoms in total. The van der Waals surface area contributed by atoms with Gasteiger partial charge in [-0.05, 0) is 54.4 Å². The Balaban J connectivity index is 1.64. The average molecular weight is 593 g/mol. The van der Waals surface area contributed by atoms with E-state index in [0.717, 1.165) is 22.0 Å². The number of hydrogen-bond acceptors (Lipinski definition) is 7. The second-order valence-electron chi connectivity index (χ2n) is 8.78. The van der Waals surface area contributed by atoms with E-state index in [4.69, 9.17) is 9.47 Å². The van der Waals surface area contributed by atoms with Crippen LogP contribution in [0.3, 0.4) is 0 Å². The van der Waals surface area contributed by atoms with Crippen molar-refractivity contribution in [3.05, 3.63) is 87.9 Å². The average Bonchev–Trinajstić information content (AvgIpc) is 3.46. The first-order valence-electron chi connectivity index (χ1n) is 12.2. The van der Waals surface area contributed by atoms with Gasteiger partial charge in [0.25, 0.3) is 5.78 Å². The summed E-state index contributed by atoms with van der Waals surface area (Å²) in [7, 11) is 1.58. The maximum atomic E-state index is 13.5. The lowest BCUT2D eigenvalue weighted by molar-refractivity contribution is -0.132. The normalized spacial score (nSPS) is 16.8. The molecule has 0 aliphatic carbocycles. The van der Waals surface area contributed by atoms with Crippen molar-refractivity contribution in [1.82, 2.24) is 4.98 Å². The number of nitrogens with zero attached hydrogens (tertiary/aromatic N) is 2. The second-order valence-corrected chi connectivity index (χ2v) is 10.7. The van der Waals surface area contributed by atoms with Gasteiger partial charge < -0.3 is 14.6 Å². The molecular formula is C29H25BrN2O5S. The lowest BCUT2D eigenvalue weighted by Gasteiger charge is -2.23. The number of halogens is 1. The molecule has 5 rings (SSSR count). The van der Waals surface area contributed by atoms with E-state index in [-0.39, 0.29) is 11.3 Å². The molecule has 0 spiro atoms. The summed E-state index contributed by atoms with van der Waals surface area (Å²) in [6.07, 6.45) is 1.90. The summed E-state index contributed by atoms with van der Waals surface area (Å²) in [5.41, 5.74) is 1.74. The number of carbonyl (C=O) groups is 2. The monoisotopic (exact) mass is 592 g/mol. The van der Waals surface area contributed by atoms with Crippen molar-refractivity contribution in [3.8, 4) is 11.5 Å². The molecule has 1 unspecified atom stereocenters. The number of aromatic nitrogens is 1. The molecular weight excluding hydrogens is 568 g/mol. The zero-order chi connectivity index (χ0) is 26.8. The minimum absolute atomic E-state index is 0.000123. The number of amides is 1. The number of thiazole rings is 1. The molecule has 4 aromatic rings. The fourth-order valence-corrected chi connectivity index (χ4v) is 5.62. The smallest absolute Gasteiger partial charge is 0.301 e. The summed E-state index contributed by atoms with van der Waals surface area (Å²) in [5, 5.41) is 11.8. The van der Waals surface area contributed by atoms with Gasteiger partial charge in [-0.3, -0.25) is 14.5 Å². The standard InChI is InChI=1S/C29H25BrN2O5S/c1-3-4-14-37-21-7-5-6-18(15-21)26(33)24-25(17-8-10-19(30)11-9-17)32(28(35)27(24)34)29-31-22-13-12-20(36-2)16-23(22)38-29/h5-13,15-16,25,33H,3-4,14H2,1-2H3/b26-24+. The predicted molar refractivity (Wildman–Crippen MR) is 152 cm³/mol. The van der Waals surface area contributed by atoms with Crippen molar-refractivity contribution in [2.24, 2.45) is 0 Å². The maximum Gasteiger partial charge on any atom is 0.301 e.